The summed E-state index contributed by atoms with van der Waals surface area (Å²) in [5.74, 6) is -0.868. The smallest absolute Gasteiger partial charge is 0.305 e. The van der Waals surface area contributed by atoms with Gasteiger partial charge in [-0.15, -0.1) is 0 Å². The fraction of sp³-hybridized carbons (Fsp3) is 0.905. The van der Waals surface area contributed by atoms with Crippen LogP contribution in [0, 0.1) is 11.8 Å². The lowest BCUT2D eigenvalue weighted by molar-refractivity contribution is -0.152. The van der Waals surface area contributed by atoms with E-state index in [0.29, 0.717) is 19.3 Å². The topological polar surface area (TPSA) is 134 Å². The maximum atomic E-state index is 12.1. The Kier molecular flexibility index (Phi) is 30.0. The molecule has 0 saturated heterocycles. The number of ether oxygens (including phenoxy) is 2. The third-order valence-electron chi connectivity index (χ3n) is 10.4. The average Bonchev–Trinajstić information content (AvgIpc) is 3.37. The van der Waals surface area contributed by atoms with Gasteiger partial charge in [0.05, 0.1) is 18.3 Å². The Morgan fingerprint density at radius 2 is 1.02 bits per heavy atom. The number of aliphatic hydroxyl groups excluding tert-OH is 4. The molecule has 0 spiro atoms. The summed E-state index contributed by atoms with van der Waals surface area (Å²) in [6.45, 7) is 4.04. The van der Waals surface area contributed by atoms with Crippen LogP contribution >= 0.6 is 0 Å². The van der Waals surface area contributed by atoms with Crippen LogP contribution in [0.3, 0.4) is 0 Å². The van der Waals surface area contributed by atoms with Crippen LogP contribution in [-0.4, -0.2) is 70.0 Å². The largest absolute Gasteiger partial charge is 0.463 e. The predicted molar refractivity (Wildman–Crippen MR) is 203 cm³/mol. The van der Waals surface area contributed by atoms with Gasteiger partial charge in [0.1, 0.15) is 19.3 Å². The summed E-state index contributed by atoms with van der Waals surface area (Å²) in [4.78, 5) is 24.1. The second-order valence-electron chi connectivity index (χ2n) is 15.1. The van der Waals surface area contributed by atoms with Gasteiger partial charge in [-0.25, -0.2) is 0 Å². The molecule has 0 aromatic heterocycles. The van der Waals surface area contributed by atoms with Gasteiger partial charge in [0.15, 0.2) is 0 Å². The summed E-state index contributed by atoms with van der Waals surface area (Å²) >= 11 is 0. The van der Waals surface area contributed by atoms with E-state index in [9.17, 15) is 30.0 Å². The first kappa shape index (κ1) is 46.5. The molecule has 8 nitrogen and oxygen atoms in total. The molecule has 0 heterocycles. The maximum Gasteiger partial charge on any atom is 0.305 e. The first-order chi connectivity index (χ1) is 24.3. The summed E-state index contributed by atoms with van der Waals surface area (Å²) < 4.78 is 10.3. The molecular weight excluding hydrogens is 632 g/mol. The second kappa shape index (κ2) is 32.2. The maximum absolute atomic E-state index is 12.1. The van der Waals surface area contributed by atoms with E-state index >= 15 is 0 Å². The van der Waals surface area contributed by atoms with Crippen molar-refractivity contribution in [3.05, 3.63) is 12.2 Å². The van der Waals surface area contributed by atoms with Crippen LogP contribution in [-0.2, 0) is 19.1 Å². The molecule has 1 aliphatic rings. The minimum atomic E-state index is -1.03. The van der Waals surface area contributed by atoms with E-state index in [0.717, 1.165) is 70.6 Å². The summed E-state index contributed by atoms with van der Waals surface area (Å²) in [6, 6.07) is 0. The molecule has 1 rings (SSSR count). The van der Waals surface area contributed by atoms with Gasteiger partial charge in [0, 0.05) is 25.2 Å². The van der Waals surface area contributed by atoms with Crippen LogP contribution in [0.1, 0.15) is 194 Å². The van der Waals surface area contributed by atoms with Crippen LogP contribution in [0.25, 0.3) is 0 Å². The van der Waals surface area contributed by atoms with Gasteiger partial charge in [-0.05, 0) is 31.6 Å². The van der Waals surface area contributed by atoms with E-state index in [4.69, 9.17) is 9.47 Å². The molecule has 1 aliphatic carbocycles. The molecule has 50 heavy (non-hydrogen) atoms. The summed E-state index contributed by atoms with van der Waals surface area (Å²) in [7, 11) is 0. The molecule has 0 bridgehead atoms. The lowest BCUT2D eigenvalue weighted by Crippen LogP contribution is -2.25. The molecule has 0 amide bonds. The number of rotatable bonds is 34. The number of carbonyl (C=O) groups excluding carboxylic acids is 2. The van der Waals surface area contributed by atoms with E-state index in [1.807, 2.05) is 6.08 Å². The molecule has 1 saturated carbocycles. The Hall–Kier alpha value is -1.48. The van der Waals surface area contributed by atoms with Crippen LogP contribution < -0.4 is 0 Å². The molecule has 8 heteroatoms. The second-order valence-corrected chi connectivity index (χ2v) is 15.1. The van der Waals surface area contributed by atoms with Crippen LogP contribution in [0.2, 0.25) is 0 Å². The fourth-order valence-corrected chi connectivity index (χ4v) is 7.12. The van der Waals surface area contributed by atoms with Crippen molar-refractivity contribution in [2.24, 2.45) is 11.8 Å². The zero-order valence-electron chi connectivity index (χ0n) is 32.3. The Labute approximate surface area is 306 Å². The van der Waals surface area contributed by atoms with Gasteiger partial charge in [0.2, 0.25) is 0 Å². The molecule has 1 fully saturated rings. The van der Waals surface area contributed by atoms with Gasteiger partial charge in [-0.2, -0.15) is 0 Å². The standard InChI is InChI=1S/C42H78O8/c1-3-5-7-8-9-10-11-12-13-14-15-16-17-18-19-24-28-41(47)49-33-36(44)34-50-42(48)29-25-21-20-23-27-37-38(40(46)32-39(37)45)31-30-35(43)26-22-6-4-2/h30-31,35-40,43-46H,3-29,32-34H2,1-2H3/b31-30+/t35-,36+,37+,38+,39-,40+/m0/s1. The van der Waals surface area contributed by atoms with E-state index in [2.05, 4.69) is 13.8 Å². The number of aliphatic hydroxyl groups is 4. The first-order valence-electron chi connectivity index (χ1n) is 21.0. The van der Waals surface area contributed by atoms with Gasteiger partial charge >= 0.3 is 11.9 Å². The van der Waals surface area contributed by atoms with Crippen LogP contribution in [0.5, 0.6) is 0 Å². The molecular formula is C42H78O8. The Morgan fingerprint density at radius 3 is 1.50 bits per heavy atom. The van der Waals surface area contributed by atoms with Gasteiger partial charge in [0.25, 0.3) is 0 Å². The lowest BCUT2D eigenvalue weighted by atomic mass is 9.88. The van der Waals surface area contributed by atoms with Crippen molar-refractivity contribution in [1.82, 2.24) is 0 Å². The normalized spacial score (nSPS) is 20.4. The van der Waals surface area contributed by atoms with Crippen molar-refractivity contribution >= 4 is 11.9 Å². The van der Waals surface area contributed by atoms with Crippen molar-refractivity contribution in [1.29, 1.82) is 0 Å². The molecule has 0 unspecified atom stereocenters. The SMILES string of the molecule is CCCCCCCCCCCCCCCCCCC(=O)OC[C@@H](O)COC(=O)CCCCCC[C@@H]1[C@@H](/C=C/[C@@H](O)CCCCC)[C@H](O)C[C@@H]1O. The third-order valence-corrected chi connectivity index (χ3v) is 10.4. The van der Waals surface area contributed by atoms with Crippen molar-refractivity contribution < 1.29 is 39.5 Å². The molecule has 0 aliphatic heterocycles. The quantitative estimate of drug-likeness (QED) is 0.0295. The van der Waals surface area contributed by atoms with E-state index in [1.165, 1.54) is 83.5 Å². The highest BCUT2D eigenvalue weighted by molar-refractivity contribution is 5.69. The van der Waals surface area contributed by atoms with Crippen LogP contribution in [0.4, 0.5) is 0 Å². The minimum absolute atomic E-state index is 0.0291. The van der Waals surface area contributed by atoms with Crippen molar-refractivity contribution in [3.8, 4) is 0 Å². The van der Waals surface area contributed by atoms with E-state index in [-0.39, 0.29) is 43.4 Å². The number of unbranched alkanes of at least 4 members (excludes halogenated alkanes) is 20. The van der Waals surface area contributed by atoms with Gasteiger partial charge < -0.3 is 29.9 Å². The minimum Gasteiger partial charge on any atom is -0.463 e. The molecule has 0 aromatic rings. The Bertz CT molecular complexity index is 833. The van der Waals surface area contributed by atoms with Gasteiger partial charge in [-0.3, -0.25) is 9.59 Å². The predicted octanol–water partition coefficient (Wildman–Crippen LogP) is 9.28. The molecule has 0 aromatic carbocycles. The highest BCUT2D eigenvalue weighted by Crippen LogP contribution is 2.37. The van der Waals surface area contributed by atoms with Crippen molar-refractivity contribution in [2.45, 2.75) is 218 Å². The molecule has 4 N–H and O–H groups in total. The van der Waals surface area contributed by atoms with Crippen LogP contribution in [0.15, 0.2) is 12.2 Å². The zero-order valence-corrected chi connectivity index (χ0v) is 32.3. The summed E-state index contributed by atoms with van der Waals surface area (Å²) in [5, 5.41) is 41.2. The Balaban J connectivity index is 1.98. The zero-order chi connectivity index (χ0) is 36.7. The third kappa shape index (κ3) is 25.5. The van der Waals surface area contributed by atoms with Crippen molar-refractivity contribution in [3.63, 3.8) is 0 Å². The van der Waals surface area contributed by atoms with E-state index in [1.54, 1.807) is 6.08 Å². The highest BCUT2D eigenvalue weighted by atomic mass is 16.6. The average molecular weight is 711 g/mol. The summed E-state index contributed by atoms with van der Waals surface area (Å²) in [6.07, 6.45) is 30.5. The van der Waals surface area contributed by atoms with Gasteiger partial charge in [-0.1, -0.05) is 161 Å². The fourth-order valence-electron chi connectivity index (χ4n) is 7.12. The lowest BCUT2D eigenvalue weighted by Gasteiger charge is -2.21. The molecule has 6 atom stereocenters. The number of carbonyl (C=O) groups is 2. The summed E-state index contributed by atoms with van der Waals surface area (Å²) in [5.41, 5.74) is 0. The van der Waals surface area contributed by atoms with Crippen molar-refractivity contribution in [2.75, 3.05) is 13.2 Å². The number of hydrogen-bond donors (Lipinski definition) is 4. The Morgan fingerprint density at radius 1 is 0.600 bits per heavy atom. The van der Waals surface area contributed by atoms with E-state index < -0.39 is 24.4 Å². The molecule has 294 valence electrons. The monoisotopic (exact) mass is 711 g/mol. The molecule has 0 radical (unpaired) electrons. The number of esters is 2. The number of hydrogen-bond acceptors (Lipinski definition) is 8. The first-order valence-corrected chi connectivity index (χ1v) is 21.0. The highest BCUT2D eigenvalue weighted by Gasteiger charge is 2.39.